The predicted octanol–water partition coefficient (Wildman–Crippen LogP) is 1.71. The van der Waals surface area contributed by atoms with Crippen LogP contribution in [0.1, 0.15) is 11.9 Å². The lowest BCUT2D eigenvalue weighted by molar-refractivity contribution is 0.154. The average molecular weight is 321 g/mol. The summed E-state index contributed by atoms with van der Waals surface area (Å²) in [6.07, 6.45) is 0.0162. The first-order chi connectivity index (χ1) is 9.81. The molecule has 114 valence electrons. The maximum Gasteiger partial charge on any atom is 0.240 e. The smallest absolute Gasteiger partial charge is 0.240 e. The minimum atomic E-state index is -4.31. The van der Waals surface area contributed by atoms with E-state index in [4.69, 9.17) is 4.42 Å². The highest BCUT2D eigenvalue weighted by Crippen LogP contribution is 2.18. The standard InChI is InChI=1S/C12H10F3NO4S/c13-8-4-7(5-9(14)12(8)15)21(18,19)16-6-10(17)11-2-1-3-20-11/h1-5,10,16-17H,6H2. The van der Waals surface area contributed by atoms with Crippen molar-refractivity contribution in [3.63, 3.8) is 0 Å². The molecule has 2 rings (SSSR count). The first-order valence-corrected chi connectivity index (χ1v) is 7.15. The summed E-state index contributed by atoms with van der Waals surface area (Å²) in [6.45, 7) is -0.476. The molecule has 0 bridgehead atoms. The topological polar surface area (TPSA) is 79.5 Å². The molecule has 2 aromatic rings. The van der Waals surface area contributed by atoms with Crippen molar-refractivity contribution >= 4 is 10.0 Å². The van der Waals surface area contributed by atoms with E-state index in [1.807, 2.05) is 4.72 Å². The second-order valence-electron chi connectivity index (χ2n) is 4.08. The summed E-state index contributed by atoms with van der Waals surface area (Å²) in [5, 5.41) is 9.64. The molecular formula is C12H10F3NO4S. The van der Waals surface area contributed by atoms with Crippen LogP contribution in [-0.2, 0) is 10.0 Å². The van der Waals surface area contributed by atoms with Crippen LogP contribution in [0.5, 0.6) is 0 Å². The van der Waals surface area contributed by atoms with Crippen molar-refractivity contribution in [2.45, 2.75) is 11.0 Å². The molecule has 0 amide bonds. The van der Waals surface area contributed by atoms with Crippen molar-refractivity contribution in [2.24, 2.45) is 0 Å². The zero-order valence-corrected chi connectivity index (χ0v) is 11.2. The summed E-state index contributed by atoms with van der Waals surface area (Å²) < 4.78 is 69.3. The van der Waals surface area contributed by atoms with Gasteiger partial charge in [-0.25, -0.2) is 26.3 Å². The van der Waals surface area contributed by atoms with E-state index in [1.54, 1.807) is 0 Å². The predicted molar refractivity (Wildman–Crippen MR) is 65.2 cm³/mol. The van der Waals surface area contributed by atoms with E-state index in [2.05, 4.69) is 0 Å². The van der Waals surface area contributed by atoms with Gasteiger partial charge < -0.3 is 9.52 Å². The van der Waals surface area contributed by atoms with Crippen molar-refractivity contribution in [3.8, 4) is 0 Å². The van der Waals surface area contributed by atoms with Gasteiger partial charge in [-0.1, -0.05) is 0 Å². The molecule has 0 radical (unpaired) electrons. The minimum Gasteiger partial charge on any atom is -0.467 e. The molecule has 1 unspecified atom stereocenters. The first kappa shape index (κ1) is 15.5. The second kappa shape index (κ2) is 5.88. The molecule has 5 nitrogen and oxygen atoms in total. The van der Waals surface area contributed by atoms with Gasteiger partial charge in [0.1, 0.15) is 11.9 Å². The Bertz CT molecular complexity index is 708. The third kappa shape index (κ3) is 3.43. The highest BCUT2D eigenvalue weighted by molar-refractivity contribution is 7.89. The van der Waals surface area contributed by atoms with Gasteiger partial charge in [-0.3, -0.25) is 0 Å². The van der Waals surface area contributed by atoms with Gasteiger partial charge in [-0.2, -0.15) is 0 Å². The monoisotopic (exact) mass is 321 g/mol. The normalized spacial score (nSPS) is 13.3. The number of benzene rings is 1. The van der Waals surface area contributed by atoms with Gasteiger partial charge in [0.2, 0.25) is 10.0 Å². The fraction of sp³-hybridized carbons (Fsp3) is 0.167. The summed E-state index contributed by atoms with van der Waals surface area (Å²) in [4.78, 5) is -0.787. The van der Waals surface area contributed by atoms with Gasteiger partial charge in [0.05, 0.1) is 11.2 Å². The molecular weight excluding hydrogens is 311 g/mol. The Morgan fingerprint density at radius 3 is 2.38 bits per heavy atom. The zero-order chi connectivity index (χ0) is 15.6. The Morgan fingerprint density at radius 2 is 1.86 bits per heavy atom. The Balaban J connectivity index is 2.15. The number of sulfonamides is 1. The summed E-state index contributed by atoms with van der Waals surface area (Å²) in [5.74, 6) is -4.89. The number of furan rings is 1. The zero-order valence-electron chi connectivity index (χ0n) is 10.4. The molecule has 0 fully saturated rings. The van der Waals surface area contributed by atoms with Crippen LogP contribution >= 0.6 is 0 Å². The van der Waals surface area contributed by atoms with Crippen molar-refractivity contribution in [2.75, 3.05) is 6.54 Å². The molecule has 0 saturated carbocycles. The third-order valence-electron chi connectivity index (χ3n) is 2.61. The van der Waals surface area contributed by atoms with E-state index >= 15 is 0 Å². The second-order valence-corrected chi connectivity index (χ2v) is 5.85. The molecule has 1 aromatic carbocycles. The van der Waals surface area contributed by atoms with E-state index in [0.29, 0.717) is 12.1 Å². The molecule has 0 aliphatic rings. The number of rotatable bonds is 5. The largest absolute Gasteiger partial charge is 0.467 e. The molecule has 0 aliphatic carbocycles. The first-order valence-electron chi connectivity index (χ1n) is 5.67. The van der Waals surface area contributed by atoms with Crippen LogP contribution in [0.15, 0.2) is 39.8 Å². The lowest BCUT2D eigenvalue weighted by atomic mass is 10.3. The molecule has 1 heterocycles. The molecule has 1 aromatic heterocycles. The lowest BCUT2D eigenvalue weighted by Gasteiger charge is -2.10. The van der Waals surface area contributed by atoms with E-state index in [-0.39, 0.29) is 5.76 Å². The van der Waals surface area contributed by atoms with Crippen LogP contribution in [0.25, 0.3) is 0 Å². The van der Waals surface area contributed by atoms with Crippen molar-refractivity contribution in [1.82, 2.24) is 4.72 Å². The molecule has 0 aliphatic heterocycles. The van der Waals surface area contributed by atoms with Crippen LogP contribution in [0.4, 0.5) is 13.2 Å². The summed E-state index contributed by atoms with van der Waals surface area (Å²) in [7, 11) is -4.31. The van der Waals surface area contributed by atoms with Crippen LogP contribution < -0.4 is 4.72 Å². The van der Waals surface area contributed by atoms with Gasteiger partial charge in [0.15, 0.2) is 17.5 Å². The van der Waals surface area contributed by atoms with Crippen LogP contribution in [0.2, 0.25) is 0 Å². The van der Waals surface area contributed by atoms with Gasteiger partial charge in [0, 0.05) is 6.54 Å². The molecule has 0 spiro atoms. The third-order valence-corrected chi connectivity index (χ3v) is 4.01. The highest BCUT2D eigenvalue weighted by atomic mass is 32.2. The van der Waals surface area contributed by atoms with E-state index < -0.39 is 45.0 Å². The molecule has 2 N–H and O–H groups in total. The van der Waals surface area contributed by atoms with E-state index in [0.717, 1.165) is 0 Å². The Labute approximate surface area is 118 Å². The summed E-state index contributed by atoms with van der Waals surface area (Å²) >= 11 is 0. The van der Waals surface area contributed by atoms with E-state index in [9.17, 15) is 26.7 Å². The summed E-state index contributed by atoms with van der Waals surface area (Å²) in [6, 6.07) is 3.62. The molecule has 1 atom stereocenters. The van der Waals surface area contributed by atoms with Gasteiger partial charge >= 0.3 is 0 Å². The number of hydrogen-bond donors (Lipinski definition) is 2. The van der Waals surface area contributed by atoms with Gasteiger partial charge in [-0.15, -0.1) is 0 Å². The van der Waals surface area contributed by atoms with Crippen LogP contribution in [0.3, 0.4) is 0 Å². The fourth-order valence-electron chi connectivity index (χ4n) is 1.54. The van der Waals surface area contributed by atoms with Crippen molar-refractivity contribution < 1.29 is 31.1 Å². The molecule has 21 heavy (non-hydrogen) atoms. The molecule has 9 heteroatoms. The van der Waals surface area contributed by atoms with Gasteiger partial charge in [-0.05, 0) is 24.3 Å². The number of nitrogens with one attached hydrogen (secondary N) is 1. The summed E-state index contributed by atoms with van der Waals surface area (Å²) in [5.41, 5.74) is 0. The Hall–Kier alpha value is -1.84. The van der Waals surface area contributed by atoms with Crippen molar-refractivity contribution in [3.05, 3.63) is 53.7 Å². The Morgan fingerprint density at radius 1 is 1.24 bits per heavy atom. The average Bonchev–Trinajstić information content (AvgIpc) is 2.95. The lowest BCUT2D eigenvalue weighted by Crippen LogP contribution is -2.28. The maximum atomic E-state index is 13.0. The van der Waals surface area contributed by atoms with Crippen LogP contribution in [0, 0.1) is 17.5 Å². The van der Waals surface area contributed by atoms with Crippen molar-refractivity contribution in [1.29, 1.82) is 0 Å². The number of hydrogen-bond acceptors (Lipinski definition) is 4. The number of aliphatic hydroxyl groups excluding tert-OH is 1. The highest BCUT2D eigenvalue weighted by Gasteiger charge is 2.21. The Kier molecular flexibility index (Phi) is 4.35. The maximum absolute atomic E-state index is 13.0. The van der Waals surface area contributed by atoms with E-state index in [1.165, 1.54) is 18.4 Å². The SMILES string of the molecule is O=S(=O)(NCC(O)c1ccco1)c1cc(F)c(F)c(F)c1. The quantitative estimate of drug-likeness (QED) is 0.822. The molecule has 0 saturated heterocycles. The minimum absolute atomic E-state index is 0.120. The number of aliphatic hydroxyl groups is 1. The van der Waals surface area contributed by atoms with Gasteiger partial charge in [0.25, 0.3) is 0 Å². The number of halogens is 3. The van der Waals surface area contributed by atoms with Crippen LogP contribution in [-0.4, -0.2) is 20.1 Å². The fourth-order valence-corrected chi connectivity index (χ4v) is 2.60.